The van der Waals surface area contributed by atoms with Gasteiger partial charge in [-0.15, -0.1) is 0 Å². The lowest BCUT2D eigenvalue weighted by molar-refractivity contribution is 0.112. The highest BCUT2D eigenvalue weighted by Gasteiger charge is 2.17. The van der Waals surface area contributed by atoms with Crippen molar-refractivity contribution in [3.8, 4) is 0 Å². The second-order valence-electron chi connectivity index (χ2n) is 4.61. The molecule has 0 N–H and O–H groups in total. The van der Waals surface area contributed by atoms with Gasteiger partial charge < -0.3 is 4.90 Å². The van der Waals surface area contributed by atoms with E-state index in [1.165, 1.54) is 37.8 Å². The van der Waals surface area contributed by atoms with E-state index in [4.69, 9.17) is 0 Å². The standard InChI is InChI=1S/C14H19NO/c1-15(13-5-3-2-4-6-13)14-9-7-12(11-16)8-10-14/h7-11,13H,2-6H2,1H3. The fourth-order valence-corrected chi connectivity index (χ4v) is 2.47. The molecule has 2 rings (SSSR count). The van der Waals surface area contributed by atoms with Gasteiger partial charge in [0.2, 0.25) is 0 Å². The summed E-state index contributed by atoms with van der Waals surface area (Å²) < 4.78 is 0. The number of benzene rings is 1. The summed E-state index contributed by atoms with van der Waals surface area (Å²) in [5, 5.41) is 0. The molecule has 0 aromatic heterocycles. The third kappa shape index (κ3) is 2.43. The molecule has 1 aromatic rings. The molecule has 0 heterocycles. The zero-order chi connectivity index (χ0) is 11.4. The second kappa shape index (κ2) is 5.15. The smallest absolute Gasteiger partial charge is 0.150 e. The minimum Gasteiger partial charge on any atom is -0.372 e. The summed E-state index contributed by atoms with van der Waals surface area (Å²) >= 11 is 0. The Bertz CT molecular complexity index is 338. The van der Waals surface area contributed by atoms with Gasteiger partial charge in [0.15, 0.2) is 0 Å². The molecule has 0 spiro atoms. The topological polar surface area (TPSA) is 20.3 Å². The molecule has 1 aliphatic carbocycles. The van der Waals surface area contributed by atoms with E-state index in [0.717, 1.165) is 11.8 Å². The van der Waals surface area contributed by atoms with Crippen LogP contribution >= 0.6 is 0 Å². The first kappa shape index (κ1) is 11.2. The molecule has 0 aliphatic heterocycles. The molecule has 0 bridgehead atoms. The van der Waals surface area contributed by atoms with Crippen molar-refractivity contribution in [2.75, 3.05) is 11.9 Å². The van der Waals surface area contributed by atoms with Crippen LogP contribution in [0.5, 0.6) is 0 Å². The molecule has 0 radical (unpaired) electrons. The van der Waals surface area contributed by atoms with Crippen LogP contribution in [-0.2, 0) is 0 Å². The fraction of sp³-hybridized carbons (Fsp3) is 0.500. The van der Waals surface area contributed by atoms with Crippen molar-refractivity contribution >= 4 is 12.0 Å². The number of aldehydes is 1. The quantitative estimate of drug-likeness (QED) is 0.724. The normalized spacial score (nSPS) is 17.1. The van der Waals surface area contributed by atoms with Gasteiger partial charge in [0.1, 0.15) is 6.29 Å². The Kier molecular flexibility index (Phi) is 3.60. The van der Waals surface area contributed by atoms with Gasteiger partial charge in [-0.1, -0.05) is 19.3 Å². The first-order valence-electron chi connectivity index (χ1n) is 6.09. The molecule has 16 heavy (non-hydrogen) atoms. The van der Waals surface area contributed by atoms with Gasteiger partial charge >= 0.3 is 0 Å². The molecule has 2 nitrogen and oxygen atoms in total. The number of hydrogen-bond donors (Lipinski definition) is 0. The summed E-state index contributed by atoms with van der Waals surface area (Å²) in [4.78, 5) is 12.9. The third-order valence-electron chi connectivity index (χ3n) is 3.56. The Morgan fingerprint density at radius 2 is 1.75 bits per heavy atom. The minimum atomic E-state index is 0.677. The van der Waals surface area contributed by atoms with Crippen molar-refractivity contribution in [2.24, 2.45) is 0 Å². The number of anilines is 1. The number of carbonyl (C=O) groups excluding carboxylic acids is 1. The summed E-state index contributed by atoms with van der Waals surface area (Å²) in [5.74, 6) is 0. The summed E-state index contributed by atoms with van der Waals surface area (Å²) in [6.45, 7) is 0. The predicted octanol–water partition coefficient (Wildman–Crippen LogP) is 3.27. The Hall–Kier alpha value is -1.31. The molecule has 86 valence electrons. The summed E-state index contributed by atoms with van der Waals surface area (Å²) in [7, 11) is 2.16. The summed E-state index contributed by atoms with van der Waals surface area (Å²) in [5.41, 5.74) is 1.97. The average molecular weight is 217 g/mol. The van der Waals surface area contributed by atoms with E-state index >= 15 is 0 Å². The molecular formula is C14H19NO. The molecule has 0 unspecified atom stereocenters. The molecule has 1 fully saturated rings. The van der Waals surface area contributed by atoms with Crippen molar-refractivity contribution in [1.29, 1.82) is 0 Å². The monoisotopic (exact) mass is 217 g/mol. The zero-order valence-corrected chi connectivity index (χ0v) is 9.86. The molecule has 0 amide bonds. The molecule has 1 saturated carbocycles. The Morgan fingerprint density at radius 1 is 1.12 bits per heavy atom. The van der Waals surface area contributed by atoms with E-state index in [0.29, 0.717) is 6.04 Å². The lowest BCUT2D eigenvalue weighted by Crippen LogP contribution is -2.33. The first-order valence-corrected chi connectivity index (χ1v) is 6.09. The van der Waals surface area contributed by atoms with E-state index < -0.39 is 0 Å². The Labute approximate surface area is 97.3 Å². The second-order valence-corrected chi connectivity index (χ2v) is 4.61. The fourth-order valence-electron chi connectivity index (χ4n) is 2.47. The van der Waals surface area contributed by atoms with Crippen LogP contribution in [0.3, 0.4) is 0 Å². The number of carbonyl (C=O) groups is 1. The molecule has 1 aromatic carbocycles. The lowest BCUT2D eigenvalue weighted by Gasteiger charge is -2.33. The van der Waals surface area contributed by atoms with Crippen molar-refractivity contribution in [3.63, 3.8) is 0 Å². The highest BCUT2D eigenvalue weighted by Crippen LogP contribution is 2.25. The van der Waals surface area contributed by atoms with Crippen molar-refractivity contribution in [1.82, 2.24) is 0 Å². The summed E-state index contributed by atoms with van der Waals surface area (Å²) in [6.07, 6.45) is 7.57. The van der Waals surface area contributed by atoms with Crippen LogP contribution in [0.25, 0.3) is 0 Å². The number of rotatable bonds is 3. The van der Waals surface area contributed by atoms with Crippen LogP contribution in [-0.4, -0.2) is 19.4 Å². The molecule has 2 heteroatoms. The first-order chi connectivity index (χ1) is 7.81. The maximum absolute atomic E-state index is 10.6. The highest BCUT2D eigenvalue weighted by molar-refractivity contribution is 5.75. The van der Waals surface area contributed by atoms with Crippen molar-refractivity contribution in [3.05, 3.63) is 29.8 Å². The van der Waals surface area contributed by atoms with Crippen LogP contribution in [0.1, 0.15) is 42.5 Å². The summed E-state index contributed by atoms with van der Waals surface area (Å²) in [6, 6.07) is 8.54. The van der Waals surface area contributed by atoms with Gasteiger partial charge in [-0.2, -0.15) is 0 Å². The van der Waals surface area contributed by atoms with Crippen LogP contribution in [0.15, 0.2) is 24.3 Å². The van der Waals surface area contributed by atoms with E-state index in [9.17, 15) is 4.79 Å². The molecule has 1 aliphatic rings. The predicted molar refractivity (Wildman–Crippen MR) is 67.1 cm³/mol. The molecule has 0 atom stereocenters. The van der Waals surface area contributed by atoms with Gasteiger partial charge in [-0.05, 0) is 37.1 Å². The lowest BCUT2D eigenvalue weighted by atomic mass is 9.94. The van der Waals surface area contributed by atoms with Crippen molar-refractivity contribution in [2.45, 2.75) is 38.1 Å². The third-order valence-corrected chi connectivity index (χ3v) is 3.56. The Balaban J connectivity index is 2.06. The average Bonchev–Trinajstić information content (AvgIpc) is 2.39. The van der Waals surface area contributed by atoms with Crippen LogP contribution < -0.4 is 4.90 Å². The van der Waals surface area contributed by atoms with E-state index in [1.54, 1.807) is 0 Å². The zero-order valence-electron chi connectivity index (χ0n) is 9.86. The molecule has 0 saturated heterocycles. The maximum Gasteiger partial charge on any atom is 0.150 e. The van der Waals surface area contributed by atoms with Crippen LogP contribution in [0.4, 0.5) is 5.69 Å². The minimum absolute atomic E-state index is 0.677. The van der Waals surface area contributed by atoms with Gasteiger partial charge in [0.25, 0.3) is 0 Å². The van der Waals surface area contributed by atoms with Gasteiger partial charge in [-0.3, -0.25) is 4.79 Å². The maximum atomic E-state index is 10.6. The van der Waals surface area contributed by atoms with Crippen molar-refractivity contribution < 1.29 is 4.79 Å². The van der Waals surface area contributed by atoms with Gasteiger partial charge in [0, 0.05) is 24.3 Å². The number of nitrogens with zero attached hydrogens (tertiary/aromatic N) is 1. The van der Waals surface area contributed by atoms with Crippen LogP contribution in [0, 0.1) is 0 Å². The largest absolute Gasteiger partial charge is 0.372 e. The van der Waals surface area contributed by atoms with Crippen LogP contribution in [0.2, 0.25) is 0 Å². The highest BCUT2D eigenvalue weighted by atomic mass is 16.1. The van der Waals surface area contributed by atoms with Gasteiger partial charge in [-0.25, -0.2) is 0 Å². The molecular weight excluding hydrogens is 198 g/mol. The number of hydrogen-bond acceptors (Lipinski definition) is 2. The van der Waals surface area contributed by atoms with E-state index in [1.807, 2.05) is 24.3 Å². The Morgan fingerprint density at radius 3 is 2.31 bits per heavy atom. The van der Waals surface area contributed by atoms with E-state index in [-0.39, 0.29) is 0 Å². The van der Waals surface area contributed by atoms with Gasteiger partial charge in [0.05, 0.1) is 0 Å². The SMILES string of the molecule is CN(c1ccc(C=O)cc1)C1CCCCC1. The van der Waals surface area contributed by atoms with E-state index in [2.05, 4.69) is 11.9 Å².